The van der Waals surface area contributed by atoms with Gasteiger partial charge in [-0.3, -0.25) is 0 Å². The summed E-state index contributed by atoms with van der Waals surface area (Å²) >= 11 is 0. The minimum Gasteiger partial charge on any atom is -0.463 e. The molecule has 0 rings (SSSR count). The Bertz CT molecular complexity index is 287. The molecule has 0 aliphatic carbocycles. The molecule has 104 valence electrons. The Kier molecular flexibility index (Phi) is 8.08. The summed E-state index contributed by atoms with van der Waals surface area (Å²) in [6.07, 6.45) is 5.17. The zero-order valence-corrected chi connectivity index (χ0v) is 11.8. The number of esters is 2. The van der Waals surface area contributed by atoms with Gasteiger partial charge in [0.15, 0.2) is 0 Å². The molecule has 0 radical (unpaired) electrons. The summed E-state index contributed by atoms with van der Waals surface area (Å²) in [5, 5.41) is 0. The third-order valence-corrected chi connectivity index (χ3v) is 2.00. The first-order valence-corrected chi connectivity index (χ1v) is 6.37. The second kappa shape index (κ2) is 8.72. The third-order valence-electron chi connectivity index (χ3n) is 2.00. The van der Waals surface area contributed by atoms with Crippen LogP contribution in [0.4, 0.5) is 0 Å². The number of carbonyl (C=O) groups is 2. The smallest absolute Gasteiger partial charge is 0.331 e. The molecular weight excluding hydrogens is 232 g/mol. The summed E-state index contributed by atoms with van der Waals surface area (Å²) in [7, 11) is 0. The van der Waals surface area contributed by atoms with Gasteiger partial charge in [0.25, 0.3) is 0 Å². The second-order valence-corrected chi connectivity index (χ2v) is 5.38. The highest BCUT2D eigenvalue weighted by Gasteiger charge is 2.12. The Morgan fingerprint density at radius 2 is 1.56 bits per heavy atom. The molecule has 18 heavy (non-hydrogen) atoms. The zero-order chi connectivity index (χ0) is 14.0. The van der Waals surface area contributed by atoms with Gasteiger partial charge in [0.1, 0.15) is 0 Å². The van der Waals surface area contributed by atoms with E-state index >= 15 is 0 Å². The molecular formula is C14H24O4. The summed E-state index contributed by atoms with van der Waals surface area (Å²) in [6.45, 7) is 8.69. The topological polar surface area (TPSA) is 52.6 Å². The maximum absolute atomic E-state index is 11.3. The third kappa shape index (κ3) is 11.2. The zero-order valence-electron chi connectivity index (χ0n) is 11.8. The molecule has 0 aliphatic rings. The van der Waals surface area contributed by atoms with E-state index in [9.17, 15) is 9.59 Å². The van der Waals surface area contributed by atoms with E-state index in [1.807, 2.05) is 20.8 Å². The van der Waals surface area contributed by atoms with Crippen molar-refractivity contribution in [2.24, 2.45) is 5.41 Å². The Labute approximate surface area is 109 Å². The molecule has 0 heterocycles. The van der Waals surface area contributed by atoms with Crippen molar-refractivity contribution in [1.82, 2.24) is 0 Å². The van der Waals surface area contributed by atoms with Crippen molar-refractivity contribution in [2.45, 2.75) is 47.0 Å². The van der Waals surface area contributed by atoms with Gasteiger partial charge in [-0.05, 0) is 11.8 Å². The Hall–Kier alpha value is -1.32. The molecule has 4 heteroatoms. The highest BCUT2D eigenvalue weighted by Crippen LogP contribution is 2.12. The van der Waals surface area contributed by atoms with Crippen LogP contribution in [0.5, 0.6) is 0 Å². The van der Waals surface area contributed by atoms with Crippen molar-refractivity contribution in [3.63, 3.8) is 0 Å². The first-order chi connectivity index (χ1) is 8.35. The van der Waals surface area contributed by atoms with Gasteiger partial charge >= 0.3 is 11.9 Å². The number of hydrogen-bond donors (Lipinski definition) is 0. The fourth-order valence-corrected chi connectivity index (χ4v) is 1.04. The van der Waals surface area contributed by atoms with Crippen LogP contribution in [-0.4, -0.2) is 25.2 Å². The van der Waals surface area contributed by atoms with Gasteiger partial charge in [-0.15, -0.1) is 0 Å². The molecule has 0 fully saturated rings. The molecule has 0 aromatic heterocycles. The van der Waals surface area contributed by atoms with Crippen LogP contribution in [0.2, 0.25) is 0 Å². The number of ether oxygens (including phenoxy) is 2. The Morgan fingerprint density at radius 1 is 1.00 bits per heavy atom. The van der Waals surface area contributed by atoms with Crippen LogP contribution in [0, 0.1) is 5.41 Å². The van der Waals surface area contributed by atoms with Crippen molar-refractivity contribution in [3.8, 4) is 0 Å². The van der Waals surface area contributed by atoms with Crippen LogP contribution < -0.4 is 0 Å². The van der Waals surface area contributed by atoms with E-state index in [4.69, 9.17) is 9.47 Å². The minimum atomic E-state index is -0.518. The highest BCUT2D eigenvalue weighted by atomic mass is 16.5. The van der Waals surface area contributed by atoms with Crippen LogP contribution in [0.1, 0.15) is 47.0 Å². The lowest BCUT2D eigenvalue weighted by atomic mass is 9.99. The summed E-state index contributed by atoms with van der Waals surface area (Å²) < 4.78 is 9.87. The molecule has 0 saturated carbocycles. The SMILES string of the molecule is CCCCCOC(=O)/C=C/C(=O)OCC(C)(C)C. The Morgan fingerprint density at radius 3 is 2.06 bits per heavy atom. The van der Waals surface area contributed by atoms with Crippen LogP contribution in [0.15, 0.2) is 12.2 Å². The van der Waals surface area contributed by atoms with Crippen molar-refractivity contribution in [1.29, 1.82) is 0 Å². The number of carbonyl (C=O) groups excluding carboxylic acids is 2. The van der Waals surface area contributed by atoms with Gasteiger partial charge in [0.05, 0.1) is 13.2 Å². The van der Waals surface area contributed by atoms with E-state index in [0.717, 1.165) is 31.4 Å². The minimum absolute atomic E-state index is 0.0792. The number of unbranched alkanes of at least 4 members (excludes halogenated alkanes) is 2. The molecule has 0 aromatic carbocycles. The van der Waals surface area contributed by atoms with Gasteiger partial charge in [-0.1, -0.05) is 40.5 Å². The van der Waals surface area contributed by atoms with Crippen LogP contribution in [-0.2, 0) is 19.1 Å². The monoisotopic (exact) mass is 256 g/mol. The molecule has 0 aromatic rings. The summed E-state index contributed by atoms with van der Waals surface area (Å²) in [5.74, 6) is -1.02. The summed E-state index contributed by atoms with van der Waals surface area (Å²) in [6, 6.07) is 0. The van der Waals surface area contributed by atoms with Crippen molar-refractivity contribution in [3.05, 3.63) is 12.2 Å². The van der Waals surface area contributed by atoms with Crippen LogP contribution in [0.3, 0.4) is 0 Å². The van der Waals surface area contributed by atoms with E-state index in [1.54, 1.807) is 0 Å². The first kappa shape index (κ1) is 16.7. The van der Waals surface area contributed by atoms with Gasteiger partial charge < -0.3 is 9.47 Å². The summed E-state index contributed by atoms with van der Waals surface area (Å²) in [4.78, 5) is 22.4. The molecule has 4 nitrogen and oxygen atoms in total. The van der Waals surface area contributed by atoms with E-state index in [-0.39, 0.29) is 5.41 Å². The molecule has 0 atom stereocenters. The average molecular weight is 256 g/mol. The van der Waals surface area contributed by atoms with E-state index in [2.05, 4.69) is 6.92 Å². The molecule has 0 spiro atoms. The molecule has 0 aliphatic heterocycles. The average Bonchev–Trinajstić information content (AvgIpc) is 2.28. The van der Waals surface area contributed by atoms with E-state index < -0.39 is 11.9 Å². The molecule has 0 unspecified atom stereocenters. The number of rotatable bonds is 7. The maximum Gasteiger partial charge on any atom is 0.331 e. The highest BCUT2D eigenvalue weighted by molar-refractivity contribution is 5.91. The normalized spacial score (nSPS) is 11.6. The second-order valence-electron chi connectivity index (χ2n) is 5.38. The molecule has 0 amide bonds. The van der Waals surface area contributed by atoms with Gasteiger partial charge in [0, 0.05) is 12.2 Å². The fraction of sp³-hybridized carbons (Fsp3) is 0.714. The van der Waals surface area contributed by atoms with Crippen molar-refractivity contribution in [2.75, 3.05) is 13.2 Å². The lowest BCUT2D eigenvalue weighted by Crippen LogP contribution is -2.17. The van der Waals surface area contributed by atoms with Crippen LogP contribution >= 0.6 is 0 Å². The predicted octanol–water partition coefficient (Wildman–Crippen LogP) is 2.87. The standard InChI is InChI=1S/C14H24O4/c1-5-6-7-10-17-12(15)8-9-13(16)18-11-14(2,3)4/h8-9H,5-7,10-11H2,1-4H3/b9-8+. The van der Waals surface area contributed by atoms with E-state index in [1.165, 1.54) is 0 Å². The predicted molar refractivity (Wildman–Crippen MR) is 70.0 cm³/mol. The van der Waals surface area contributed by atoms with E-state index in [0.29, 0.717) is 13.2 Å². The molecule has 0 saturated heterocycles. The van der Waals surface area contributed by atoms with Crippen LogP contribution in [0.25, 0.3) is 0 Å². The Balaban J connectivity index is 3.78. The van der Waals surface area contributed by atoms with Gasteiger partial charge in [0.2, 0.25) is 0 Å². The first-order valence-electron chi connectivity index (χ1n) is 6.37. The fourth-order valence-electron chi connectivity index (χ4n) is 1.04. The lowest BCUT2D eigenvalue weighted by molar-refractivity contribution is -0.142. The number of hydrogen-bond acceptors (Lipinski definition) is 4. The van der Waals surface area contributed by atoms with Gasteiger partial charge in [-0.2, -0.15) is 0 Å². The van der Waals surface area contributed by atoms with Gasteiger partial charge in [-0.25, -0.2) is 9.59 Å². The molecule has 0 N–H and O–H groups in total. The summed E-state index contributed by atoms with van der Waals surface area (Å²) in [5.41, 5.74) is -0.0792. The largest absolute Gasteiger partial charge is 0.463 e. The maximum atomic E-state index is 11.3. The lowest BCUT2D eigenvalue weighted by Gasteiger charge is -2.16. The van der Waals surface area contributed by atoms with Crippen molar-refractivity contribution >= 4 is 11.9 Å². The quantitative estimate of drug-likeness (QED) is 0.399. The molecule has 0 bridgehead atoms. The van der Waals surface area contributed by atoms with Crippen molar-refractivity contribution < 1.29 is 19.1 Å².